The number of aromatic nitrogens is 6. The number of aliphatic hydroxyl groups excluding tert-OH is 1. The molecule has 2 N–H and O–H groups in total. The van der Waals surface area contributed by atoms with Crippen molar-refractivity contribution in [2.24, 2.45) is 17.8 Å². The Morgan fingerprint density at radius 3 is 1.45 bits per heavy atom. The topological polar surface area (TPSA) is 157 Å². The first kappa shape index (κ1) is 61.0. The number of nitrogens with zero attached hydrogens (tertiary/aromatic N) is 6. The molecule has 2 aromatic carbocycles. The van der Waals surface area contributed by atoms with Crippen LogP contribution in [-0.4, -0.2) is 73.5 Å². The normalized spacial score (nSPS) is 21.2. The number of benzene rings is 2. The molecule has 2 unspecified atom stereocenters. The molecular formula is C59H82ClN7O7. The maximum absolute atomic E-state index is 9.37. The molecule has 15 heteroatoms. The first-order valence-corrected chi connectivity index (χ1v) is 25.7. The number of imidazole rings is 2. The molecular weight excluding hydrogens is 954 g/mol. The van der Waals surface area contributed by atoms with Crippen LogP contribution in [-0.2, 0) is 32.0 Å². The van der Waals surface area contributed by atoms with E-state index in [-0.39, 0.29) is 53.2 Å². The van der Waals surface area contributed by atoms with E-state index in [1.165, 1.54) is 12.8 Å². The number of aliphatic hydroxyl groups is 1. The summed E-state index contributed by atoms with van der Waals surface area (Å²) in [6.07, 6.45) is 17.0. The van der Waals surface area contributed by atoms with Crippen molar-refractivity contribution < 1.29 is 33.1 Å². The van der Waals surface area contributed by atoms with Gasteiger partial charge >= 0.3 is 0 Å². The van der Waals surface area contributed by atoms with E-state index in [4.69, 9.17) is 39.8 Å². The van der Waals surface area contributed by atoms with Gasteiger partial charge in [0.15, 0.2) is 24.1 Å². The summed E-state index contributed by atoms with van der Waals surface area (Å²) in [5.41, 5.74) is 5.60. The van der Waals surface area contributed by atoms with Crippen molar-refractivity contribution in [3.8, 4) is 46.3 Å². The van der Waals surface area contributed by atoms with Gasteiger partial charge in [0, 0.05) is 84.2 Å². The predicted molar refractivity (Wildman–Crippen MR) is 294 cm³/mol. The van der Waals surface area contributed by atoms with Crippen LogP contribution >= 0.6 is 11.8 Å². The molecule has 4 atom stereocenters. The van der Waals surface area contributed by atoms with E-state index in [2.05, 4.69) is 60.3 Å². The fraction of sp³-hybridized carbons (Fsp3) is 0.525. The van der Waals surface area contributed by atoms with Crippen LogP contribution in [0.25, 0.3) is 22.6 Å². The highest BCUT2D eigenvalue weighted by atomic mass is 35.5. The maximum Gasteiger partial charge on any atom is 0.167 e. The number of hydrogen-bond donors (Lipinski definition) is 2. The van der Waals surface area contributed by atoms with Gasteiger partial charge in [-0.25, -0.2) is 14.8 Å². The van der Waals surface area contributed by atoms with E-state index in [1.54, 1.807) is 19.4 Å². The van der Waals surface area contributed by atoms with Crippen molar-refractivity contribution >= 4 is 11.8 Å². The zero-order valence-electron chi connectivity index (χ0n) is 42.1. The van der Waals surface area contributed by atoms with Crippen molar-refractivity contribution in [3.63, 3.8) is 0 Å². The van der Waals surface area contributed by atoms with Crippen LogP contribution in [0, 0.1) is 41.4 Å². The van der Waals surface area contributed by atoms with E-state index < -0.39 is 0 Å². The van der Waals surface area contributed by atoms with Gasteiger partial charge in [-0.1, -0.05) is 77.0 Å². The zero-order valence-corrected chi connectivity index (χ0v) is 42.8. The lowest BCUT2D eigenvalue weighted by atomic mass is 9.76. The fourth-order valence-corrected chi connectivity index (χ4v) is 8.77. The Bertz CT molecular complexity index is 2430. The van der Waals surface area contributed by atoms with E-state index in [9.17, 15) is 5.11 Å². The third-order valence-electron chi connectivity index (χ3n) is 12.7. The molecule has 4 aliphatic rings. The van der Waals surface area contributed by atoms with Gasteiger partial charge < -0.3 is 42.2 Å². The second-order valence-corrected chi connectivity index (χ2v) is 18.7. The number of rotatable bonds is 12. The molecule has 0 bridgehead atoms. The van der Waals surface area contributed by atoms with Gasteiger partial charge in [-0.15, -0.1) is 0 Å². The van der Waals surface area contributed by atoms with Crippen LogP contribution < -0.4 is 4.84 Å². The van der Waals surface area contributed by atoms with Crippen molar-refractivity contribution in [1.82, 2.24) is 34.3 Å². The van der Waals surface area contributed by atoms with Crippen molar-refractivity contribution in [3.05, 3.63) is 120 Å². The summed E-state index contributed by atoms with van der Waals surface area (Å²) in [6.45, 7) is 12.9. The van der Waals surface area contributed by atoms with E-state index in [0.29, 0.717) is 30.7 Å². The van der Waals surface area contributed by atoms with Gasteiger partial charge in [-0.2, -0.15) is 0 Å². The van der Waals surface area contributed by atoms with Gasteiger partial charge in [0.25, 0.3) is 0 Å². The Morgan fingerprint density at radius 1 is 0.676 bits per heavy atom. The smallest absolute Gasteiger partial charge is 0.167 e. The monoisotopic (exact) mass is 1040 g/mol. The van der Waals surface area contributed by atoms with Crippen LogP contribution in [0.1, 0.15) is 167 Å². The standard InChI is InChI=1S/C27H31N3O3.C26H29N3O4.C2H6.CH4ClN.3CH4/c1-19-15-22(16-19)7-6-21-8-10-23(11-9-21)25-17-24(29-33-25)18-30-13-12-28-27(30)20(2)32-26-5-3-4-14-31-26;1-18(32-25-4-2-3-13-31-25)26-27-11-12-29(26)17-22-16-24(33-28-22)21-9-7-19(8-10-21)5-6-20-14-23(30)15-20;1-2;1-3-2;;;/h8-13,17,19-20,22,26H,3-5,14-16,18H2,1-2H3;7-12,16,18,20,23,25,30H,2-4,13-15,17H2,1H3;1-2H3;3H,1H3;3*1H4/t19?,20-,22?,26?;18-,20?,23?,25?;;;;;/m00...../s1. The first-order chi connectivity index (χ1) is 34.7. The third kappa shape index (κ3) is 17.8. The highest BCUT2D eigenvalue weighted by Gasteiger charge is 2.26. The summed E-state index contributed by atoms with van der Waals surface area (Å²) in [7, 11) is 1.64. The summed E-state index contributed by atoms with van der Waals surface area (Å²) in [5, 5.41) is 17.9. The molecule has 0 radical (unpaired) electrons. The minimum Gasteiger partial charge on any atom is -0.393 e. The van der Waals surface area contributed by atoms with E-state index in [0.717, 1.165) is 122 Å². The summed E-state index contributed by atoms with van der Waals surface area (Å²) in [4.78, 5) is 11.2. The Morgan fingerprint density at radius 2 is 1.08 bits per heavy atom. The summed E-state index contributed by atoms with van der Waals surface area (Å²) in [6, 6.07) is 20.1. The molecule has 10 rings (SSSR count). The second-order valence-electron chi connectivity index (χ2n) is 18.3. The largest absolute Gasteiger partial charge is 0.393 e. The number of halogens is 1. The highest BCUT2D eigenvalue weighted by Crippen LogP contribution is 2.33. The van der Waals surface area contributed by atoms with Gasteiger partial charge in [0.05, 0.1) is 19.2 Å². The van der Waals surface area contributed by atoms with Gasteiger partial charge in [-0.05, 0) is 151 Å². The molecule has 6 aromatic rings. The Hall–Kier alpha value is -5.55. The maximum atomic E-state index is 9.37. The SMILES string of the molecule is C.C.C.CC.CC1CC(C#Cc2ccc(-c3cc(Cn4ccnc4[C@H](C)OC4CCCCO4)no3)cc2)C1.CNCl.C[C@H](OC1CCCCO1)c1nccn1Cc1cc(-c2ccc(C#CC3CC(O)C3)cc2)on1. The van der Waals surface area contributed by atoms with Gasteiger partial charge in [0.2, 0.25) is 0 Å². The molecule has 2 aliphatic heterocycles. The average molecular weight is 1040 g/mol. The number of nitrogens with one attached hydrogen (secondary N) is 1. The number of hydrogen-bond acceptors (Lipinski definition) is 12. The molecule has 2 saturated carbocycles. The average Bonchev–Trinajstić information content (AvgIpc) is 4.23. The van der Waals surface area contributed by atoms with Crippen molar-refractivity contribution in [1.29, 1.82) is 0 Å². The lowest BCUT2D eigenvalue weighted by Gasteiger charge is -2.27. The van der Waals surface area contributed by atoms with Crippen LogP contribution in [0.2, 0.25) is 0 Å². The molecule has 6 heterocycles. The molecule has 74 heavy (non-hydrogen) atoms. The molecule has 0 spiro atoms. The second kappa shape index (κ2) is 31.4. The van der Waals surface area contributed by atoms with Crippen LogP contribution in [0.3, 0.4) is 0 Å². The van der Waals surface area contributed by atoms with E-state index >= 15 is 0 Å². The molecule has 0 amide bonds. The lowest BCUT2D eigenvalue weighted by molar-refractivity contribution is -0.188. The molecule has 402 valence electrons. The zero-order chi connectivity index (χ0) is 50.0. The summed E-state index contributed by atoms with van der Waals surface area (Å²) >= 11 is 4.75. The van der Waals surface area contributed by atoms with Gasteiger partial charge in [0.1, 0.15) is 35.2 Å². The quantitative estimate of drug-likeness (QED) is 0.0884. The van der Waals surface area contributed by atoms with Gasteiger partial charge in [-0.3, -0.25) is 0 Å². The number of ether oxygens (including phenoxy) is 4. The molecule has 2 saturated heterocycles. The van der Waals surface area contributed by atoms with Crippen LogP contribution in [0.5, 0.6) is 0 Å². The summed E-state index contributed by atoms with van der Waals surface area (Å²) in [5.74, 6) is 18.0. The molecule has 2 aliphatic carbocycles. The highest BCUT2D eigenvalue weighted by molar-refractivity contribution is 6.13. The molecule has 4 aromatic heterocycles. The lowest BCUT2D eigenvalue weighted by Crippen LogP contribution is -2.26. The Kier molecular flexibility index (Phi) is 25.9. The Balaban J connectivity index is 0.000000284. The minimum atomic E-state index is -0.175. The first-order valence-electron chi connectivity index (χ1n) is 25.4. The van der Waals surface area contributed by atoms with Crippen LogP contribution in [0.4, 0.5) is 0 Å². The predicted octanol–water partition coefficient (Wildman–Crippen LogP) is 13.2. The van der Waals surface area contributed by atoms with Crippen LogP contribution in [0.15, 0.2) is 94.5 Å². The summed E-state index contributed by atoms with van der Waals surface area (Å²) < 4.78 is 38.9. The molecule has 4 fully saturated rings. The fourth-order valence-electron chi connectivity index (χ4n) is 8.77. The van der Waals surface area contributed by atoms with E-state index in [1.807, 2.05) is 105 Å². The van der Waals surface area contributed by atoms with Crippen molar-refractivity contribution in [2.75, 3.05) is 20.3 Å². The molecule has 14 nitrogen and oxygen atoms in total. The van der Waals surface area contributed by atoms with Crippen molar-refractivity contribution in [2.45, 2.75) is 165 Å². The Labute approximate surface area is 446 Å². The third-order valence-corrected chi connectivity index (χ3v) is 12.7. The minimum absolute atomic E-state index is 0.